The van der Waals surface area contributed by atoms with Crippen LogP contribution in [0, 0.1) is 0 Å². The highest BCUT2D eigenvalue weighted by Crippen LogP contribution is 2.29. The Morgan fingerprint density at radius 2 is 1.79 bits per heavy atom. The molecule has 0 saturated heterocycles. The summed E-state index contributed by atoms with van der Waals surface area (Å²) in [6.45, 7) is 0.662. The Bertz CT molecular complexity index is 1450. The second kappa shape index (κ2) is 12.0. The molecule has 4 aromatic rings. The van der Waals surface area contributed by atoms with Crippen molar-refractivity contribution in [2.45, 2.75) is 18.1 Å². The highest BCUT2D eigenvalue weighted by Gasteiger charge is 2.25. The molecular formula is C27H23BrClN5O3S. The number of hydrogen-bond donors (Lipinski definition) is 1. The van der Waals surface area contributed by atoms with Crippen molar-refractivity contribution in [1.29, 1.82) is 0 Å². The third-order valence-corrected chi connectivity index (χ3v) is 7.62. The number of amides is 2. The van der Waals surface area contributed by atoms with Crippen LogP contribution in [0.15, 0.2) is 82.4 Å². The fourth-order valence-electron chi connectivity index (χ4n) is 4.07. The van der Waals surface area contributed by atoms with E-state index in [1.165, 1.54) is 17.3 Å². The van der Waals surface area contributed by atoms with Gasteiger partial charge in [-0.1, -0.05) is 57.5 Å². The minimum atomic E-state index is -0.303. The third-order valence-electron chi connectivity index (χ3n) is 5.93. The molecule has 1 aliphatic heterocycles. The van der Waals surface area contributed by atoms with E-state index in [-0.39, 0.29) is 30.7 Å². The van der Waals surface area contributed by atoms with Crippen LogP contribution in [0.25, 0.3) is 5.69 Å². The molecular weight excluding hydrogens is 590 g/mol. The van der Waals surface area contributed by atoms with Crippen molar-refractivity contribution in [1.82, 2.24) is 20.1 Å². The zero-order chi connectivity index (χ0) is 26.5. The van der Waals surface area contributed by atoms with Gasteiger partial charge in [0.25, 0.3) is 5.91 Å². The number of anilines is 1. The highest BCUT2D eigenvalue weighted by atomic mass is 79.9. The van der Waals surface area contributed by atoms with Crippen LogP contribution in [0.2, 0.25) is 5.02 Å². The topological polar surface area (TPSA) is 89.3 Å². The Morgan fingerprint density at radius 3 is 2.58 bits per heavy atom. The number of carbonyl (C=O) groups is 2. The average molecular weight is 613 g/mol. The summed E-state index contributed by atoms with van der Waals surface area (Å²) in [6, 6.07) is 22.4. The number of aromatic nitrogens is 3. The number of nitrogens with zero attached hydrogens (tertiary/aromatic N) is 4. The summed E-state index contributed by atoms with van der Waals surface area (Å²) in [7, 11) is 0. The summed E-state index contributed by atoms with van der Waals surface area (Å²) in [5.74, 6) is 1.01. The molecule has 0 aliphatic carbocycles. The van der Waals surface area contributed by atoms with E-state index in [0.717, 1.165) is 22.3 Å². The zero-order valence-electron chi connectivity index (χ0n) is 20.1. The normalized spacial score (nSPS) is 12.3. The quantitative estimate of drug-likeness (QED) is 0.266. The number of thioether (sulfide) groups is 1. The van der Waals surface area contributed by atoms with Crippen LogP contribution in [0.3, 0.4) is 0 Å². The predicted molar refractivity (Wildman–Crippen MR) is 151 cm³/mol. The summed E-state index contributed by atoms with van der Waals surface area (Å²) in [6.07, 6.45) is 0.854. The van der Waals surface area contributed by atoms with Crippen LogP contribution in [0.5, 0.6) is 5.75 Å². The van der Waals surface area contributed by atoms with Crippen molar-refractivity contribution < 1.29 is 14.3 Å². The summed E-state index contributed by atoms with van der Waals surface area (Å²) in [5.41, 5.74) is 2.97. The molecule has 0 unspecified atom stereocenters. The minimum Gasteiger partial charge on any atom is -0.484 e. The Kier molecular flexibility index (Phi) is 8.31. The molecule has 194 valence electrons. The first-order valence-corrected chi connectivity index (χ1v) is 14.0. The molecule has 0 radical (unpaired) electrons. The summed E-state index contributed by atoms with van der Waals surface area (Å²) in [4.78, 5) is 27.3. The first-order chi connectivity index (χ1) is 18.5. The maximum atomic E-state index is 13.1. The van der Waals surface area contributed by atoms with Crippen molar-refractivity contribution in [3.05, 3.63) is 93.7 Å². The monoisotopic (exact) mass is 611 g/mol. The Morgan fingerprint density at radius 1 is 1.03 bits per heavy atom. The first kappa shape index (κ1) is 26.3. The molecule has 0 saturated carbocycles. The molecule has 3 aromatic carbocycles. The Hall–Kier alpha value is -3.34. The lowest BCUT2D eigenvalue weighted by Gasteiger charge is -2.17. The van der Waals surface area contributed by atoms with E-state index in [9.17, 15) is 9.59 Å². The van der Waals surface area contributed by atoms with Gasteiger partial charge in [0.2, 0.25) is 5.91 Å². The molecule has 0 atom stereocenters. The van der Waals surface area contributed by atoms with Gasteiger partial charge in [-0.2, -0.15) is 0 Å². The van der Waals surface area contributed by atoms with Crippen molar-refractivity contribution >= 4 is 56.8 Å². The Labute approximate surface area is 237 Å². The van der Waals surface area contributed by atoms with E-state index >= 15 is 0 Å². The molecule has 5 rings (SSSR count). The van der Waals surface area contributed by atoms with Crippen LogP contribution < -0.4 is 15.0 Å². The van der Waals surface area contributed by atoms with Crippen LogP contribution in [0.4, 0.5) is 5.69 Å². The molecule has 0 bridgehead atoms. The molecule has 38 heavy (non-hydrogen) atoms. The van der Waals surface area contributed by atoms with E-state index in [4.69, 9.17) is 16.3 Å². The number of hydrogen-bond acceptors (Lipinski definition) is 6. The molecule has 0 fully saturated rings. The maximum Gasteiger partial charge on any atom is 0.258 e. The van der Waals surface area contributed by atoms with E-state index < -0.39 is 0 Å². The fourth-order valence-corrected chi connectivity index (χ4v) is 5.30. The molecule has 2 heterocycles. The molecule has 1 N–H and O–H groups in total. The lowest BCUT2D eigenvalue weighted by atomic mass is 10.2. The number of carbonyl (C=O) groups excluding carboxylic acids is 2. The Balaban J connectivity index is 1.26. The summed E-state index contributed by atoms with van der Waals surface area (Å²) in [5, 5.41) is 12.6. The predicted octanol–water partition coefficient (Wildman–Crippen LogP) is 5.06. The van der Waals surface area contributed by atoms with Gasteiger partial charge in [-0.05, 0) is 66.6 Å². The van der Waals surface area contributed by atoms with Crippen LogP contribution in [0.1, 0.15) is 11.4 Å². The van der Waals surface area contributed by atoms with Crippen molar-refractivity contribution in [2.75, 3.05) is 23.8 Å². The fraction of sp³-hybridized carbons (Fsp3) is 0.185. The third kappa shape index (κ3) is 6.20. The number of benzene rings is 3. The molecule has 2 amide bonds. The van der Waals surface area contributed by atoms with Gasteiger partial charge in [-0.25, -0.2) is 0 Å². The second-order valence-corrected chi connectivity index (χ2v) is 10.7. The molecule has 1 aliphatic rings. The summed E-state index contributed by atoms with van der Waals surface area (Å²) < 4.78 is 8.30. The number of rotatable bonds is 9. The lowest BCUT2D eigenvalue weighted by Crippen LogP contribution is -2.30. The molecule has 1 aromatic heterocycles. The van der Waals surface area contributed by atoms with Gasteiger partial charge in [0.15, 0.2) is 17.6 Å². The minimum absolute atomic E-state index is 0.0134. The van der Waals surface area contributed by atoms with Gasteiger partial charge in [0.1, 0.15) is 5.75 Å². The number of para-hydroxylation sites is 1. The zero-order valence-corrected chi connectivity index (χ0v) is 23.3. The van der Waals surface area contributed by atoms with E-state index in [0.29, 0.717) is 28.3 Å². The number of halogens is 2. The molecule has 0 spiro atoms. The number of fused-ring (bicyclic) bond motifs is 1. The maximum absolute atomic E-state index is 13.1. The highest BCUT2D eigenvalue weighted by molar-refractivity contribution is 9.10. The van der Waals surface area contributed by atoms with Crippen LogP contribution >= 0.6 is 39.3 Å². The van der Waals surface area contributed by atoms with Crippen molar-refractivity contribution in [3.8, 4) is 11.4 Å². The first-order valence-electron chi connectivity index (χ1n) is 11.8. The van der Waals surface area contributed by atoms with Gasteiger partial charge < -0.3 is 15.0 Å². The van der Waals surface area contributed by atoms with Crippen molar-refractivity contribution in [2.24, 2.45) is 0 Å². The van der Waals surface area contributed by atoms with E-state index in [1.54, 1.807) is 24.3 Å². The number of nitrogens with one attached hydrogen (secondary N) is 1. The van der Waals surface area contributed by atoms with Gasteiger partial charge in [-0.15, -0.1) is 10.2 Å². The van der Waals surface area contributed by atoms with Gasteiger partial charge in [-0.3, -0.25) is 14.2 Å². The van der Waals surface area contributed by atoms with Crippen molar-refractivity contribution in [3.63, 3.8) is 0 Å². The lowest BCUT2D eigenvalue weighted by molar-refractivity contribution is -0.123. The van der Waals surface area contributed by atoms with Crippen LogP contribution in [-0.2, 0) is 22.6 Å². The summed E-state index contributed by atoms with van der Waals surface area (Å²) >= 11 is 10.7. The van der Waals surface area contributed by atoms with E-state index in [1.807, 2.05) is 51.9 Å². The van der Waals surface area contributed by atoms with Gasteiger partial charge >= 0.3 is 0 Å². The second-order valence-electron chi connectivity index (χ2n) is 8.44. The van der Waals surface area contributed by atoms with E-state index in [2.05, 4.69) is 37.5 Å². The van der Waals surface area contributed by atoms with Gasteiger partial charge in [0, 0.05) is 27.4 Å². The number of ether oxygens (including phenoxy) is 1. The van der Waals surface area contributed by atoms with Crippen LogP contribution in [-0.4, -0.2) is 45.5 Å². The largest absolute Gasteiger partial charge is 0.484 e. The smallest absolute Gasteiger partial charge is 0.258 e. The molecule has 11 heteroatoms. The molecule has 8 nitrogen and oxygen atoms in total. The van der Waals surface area contributed by atoms with Gasteiger partial charge in [0.05, 0.1) is 12.3 Å². The SMILES string of the molecule is O=C(COc1ccc(Cl)cc1)NCc1nnc(SCC(=O)N2CCc3ccccc32)n1-c1ccc(Br)cc1. The standard InChI is InChI=1S/C27H23BrClN5O3S/c28-19-5-9-21(10-6-19)34-24(15-30-25(35)16-37-22-11-7-20(29)8-12-22)31-32-27(34)38-17-26(36)33-14-13-18-3-1-2-4-23(18)33/h1-12H,13-17H2,(H,30,35). The average Bonchev–Trinajstić information content (AvgIpc) is 3.55.